The van der Waals surface area contributed by atoms with Crippen molar-refractivity contribution in [2.24, 2.45) is 0 Å². The number of benzene rings is 6. The Balaban J connectivity index is 1.06. The molecule has 10 rings (SSSR count). The lowest BCUT2D eigenvalue weighted by Crippen LogP contribution is -2.15. The molecule has 76 heavy (non-hydrogen) atoms. The van der Waals surface area contributed by atoms with Crippen LogP contribution in [0.5, 0.6) is 23.0 Å². The van der Waals surface area contributed by atoms with Gasteiger partial charge < -0.3 is 67.8 Å². The van der Waals surface area contributed by atoms with E-state index in [1.54, 1.807) is 48.5 Å². The van der Waals surface area contributed by atoms with Crippen molar-refractivity contribution in [3.05, 3.63) is 195 Å². The Labute approximate surface area is 444 Å². The van der Waals surface area contributed by atoms with Crippen molar-refractivity contribution in [1.82, 2.24) is 0 Å². The fourth-order valence-corrected chi connectivity index (χ4v) is 6.85. The zero-order valence-corrected chi connectivity index (χ0v) is 42.0. The molecule has 0 saturated carbocycles. The Kier molecular flexibility index (Phi) is 23.5. The lowest BCUT2D eigenvalue weighted by atomic mass is 10.1. The predicted molar refractivity (Wildman–Crippen MR) is 283 cm³/mol. The van der Waals surface area contributed by atoms with Gasteiger partial charge >= 0.3 is 0 Å². The zero-order chi connectivity index (χ0) is 52.8. The molecular formula is C62H59O14-. The average molecular weight is 1030 g/mol. The molecule has 0 atom stereocenters. The average Bonchev–Trinajstić information content (AvgIpc) is 3.44. The van der Waals surface area contributed by atoms with Crippen molar-refractivity contribution >= 4 is 0 Å². The summed E-state index contributed by atoms with van der Waals surface area (Å²) in [6.45, 7) is 5.74. The number of aliphatic hydroxyl groups excluding tert-OH is 2. The van der Waals surface area contributed by atoms with Crippen molar-refractivity contribution < 1.29 is 67.8 Å². The molecule has 0 radical (unpaired) electrons. The third-order valence-corrected chi connectivity index (χ3v) is 10.9. The van der Waals surface area contributed by atoms with Gasteiger partial charge in [-0.05, 0) is 84.9 Å². The molecule has 4 aliphatic rings. The predicted octanol–water partition coefficient (Wildman–Crippen LogP) is 7.18. The minimum atomic E-state index is -1.54. The van der Waals surface area contributed by atoms with Crippen LogP contribution in [0.3, 0.4) is 0 Å². The van der Waals surface area contributed by atoms with Crippen LogP contribution in [0, 0.1) is 53.7 Å². The topological polar surface area (TPSA) is 173 Å². The van der Waals surface area contributed by atoms with Crippen molar-refractivity contribution in [1.29, 1.82) is 0 Å². The van der Waals surface area contributed by atoms with Crippen molar-refractivity contribution in [2.75, 3.05) is 106 Å². The highest BCUT2D eigenvalue weighted by atomic mass is 16.6. The van der Waals surface area contributed by atoms with Gasteiger partial charge in [-0.3, -0.25) is 0 Å². The summed E-state index contributed by atoms with van der Waals surface area (Å²) in [4.78, 5) is 0. The van der Waals surface area contributed by atoms with Crippen molar-refractivity contribution in [3.63, 3.8) is 0 Å². The zero-order valence-electron chi connectivity index (χ0n) is 42.0. The first-order chi connectivity index (χ1) is 37.3. The van der Waals surface area contributed by atoms with Crippen molar-refractivity contribution in [2.45, 2.75) is 6.29 Å². The van der Waals surface area contributed by atoms with E-state index in [0.717, 1.165) is 44.9 Å². The Morgan fingerprint density at radius 3 is 0.882 bits per heavy atom. The minimum absolute atomic E-state index is 0.216. The maximum Gasteiger partial charge on any atom is 0.178 e. The van der Waals surface area contributed by atoms with E-state index < -0.39 is 12.6 Å². The van der Waals surface area contributed by atoms with Gasteiger partial charge in [-0.15, -0.1) is 17.7 Å². The molecule has 6 aromatic rings. The Morgan fingerprint density at radius 1 is 0.316 bits per heavy atom. The summed E-state index contributed by atoms with van der Waals surface area (Å²) in [7, 11) is 0. The number of aliphatic hydroxyl groups is 4. The first-order valence-electron chi connectivity index (χ1n) is 24.7. The molecule has 0 aliphatic carbocycles. The van der Waals surface area contributed by atoms with Crippen LogP contribution in [0.2, 0.25) is 0 Å². The second kappa shape index (κ2) is 31.8. The molecule has 0 saturated heterocycles. The maximum atomic E-state index is 9.41. The summed E-state index contributed by atoms with van der Waals surface area (Å²) in [6, 6.07) is 39.4. The molecule has 0 amide bonds. The summed E-state index contributed by atoms with van der Waals surface area (Å²) in [6.07, 6.45) is -2.28. The highest BCUT2D eigenvalue weighted by molar-refractivity contribution is 5.61. The minimum Gasteiger partial charge on any atom is -0.491 e. The molecule has 4 bridgehead atoms. The lowest BCUT2D eigenvalue weighted by molar-refractivity contribution is -0.0424. The van der Waals surface area contributed by atoms with Crippen LogP contribution in [-0.4, -0.2) is 126 Å². The van der Waals surface area contributed by atoms with E-state index in [9.17, 15) is 20.4 Å². The molecule has 0 spiro atoms. The van der Waals surface area contributed by atoms with Gasteiger partial charge in [0.15, 0.2) is 6.29 Å². The summed E-state index contributed by atoms with van der Waals surface area (Å²) in [5.74, 6) is 28.0. The van der Waals surface area contributed by atoms with Gasteiger partial charge in [0.05, 0.1) is 96.7 Å². The van der Waals surface area contributed by atoms with Crippen LogP contribution in [0.15, 0.2) is 133 Å². The third kappa shape index (κ3) is 20.2. The van der Waals surface area contributed by atoms with E-state index in [-0.39, 0.29) is 26.4 Å². The first kappa shape index (κ1) is 56.0. The van der Waals surface area contributed by atoms with Gasteiger partial charge in [-0.25, -0.2) is 0 Å². The summed E-state index contributed by atoms with van der Waals surface area (Å²) < 4.78 is 58.7. The normalized spacial score (nSPS) is 14.6. The SMILES string of the molecule is O[C-](O)c1ccc(C#Cc2ccc(C#Cc3cc4c(C#Cc5ccc(C#Cc6ccc(C(O)O)cc6)cc5)cc3OCCOCCOCCOCCOc3ccc(cc3)OCCOCCOCCOCCO4)cc2)cc1. The van der Waals surface area contributed by atoms with Gasteiger partial charge in [0.2, 0.25) is 0 Å². The quantitative estimate of drug-likeness (QED) is 0.0781. The van der Waals surface area contributed by atoms with Crippen LogP contribution in [-0.2, 0) is 28.4 Å². The summed E-state index contributed by atoms with van der Waals surface area (Å²) >= 11 is 0. The highest BCUT2D eigenvalue weighted by Crippen LogP contribution is 2.29. The van der Waals surface area contributed by atoms with Gasteiger partial charge in [-0.2, -0.15) is 12.1 Å². The van der Waals surface area contributed by atoms with Crippen LogP contribution in [0.1, 0.15) is 61.9 Å². The van der Waals surface area contributed by atoms with Crippen LogP contribution < -0.4 is 18.9 Å². The molecule has 4 heterocycles. The van der Waals surface area contributed by atoms with Gasteiger partial charge in [0.25, 0.3) is 0 Å². The molecule has 0 fully saturated rings. The molecule has 392 valence electrons. The van der Waals surface area contributed by atoms with Gasteiger partial charge in [-0.1, -0.05) is 59.5 Å². The monoisotopic (exact) mass is 1030 g/mol. The van der Waals surface area contributed by atoms with Crippen LogP contribution >= 0.6 is 0 Å². The highest BCUT2D eigenvalue weighted by Gasteiger charge is 2.12. The molecule has 6 aromatic carbocycles. The van der Waals surface area contributed by atoms with E-state index in [1.165, 1.54) is 0 Å². The van der Waals surface area contributed by atoms with Gasteiger partial charge in [0, 0.05) is 51.1 Å². The molecule has 4 N–H and O–H groups in total. The second-order valence-electron chi connectivity index (χ2n) is 16.4. The summed E-state index contributed by atoms with van der Waals surface area (Å²) in [5.41, 5.74) is 6.34. The van der Waals surface area contributed by atoms with Crippen LogP contribution in [0.25, 0.3) is 0 Å². The van der Waals surface area contributed by atoms with Gasteiger partial charge in [0.1, 0.15) is 49.4 Å². The second-order valence-corrected chi connectivity index (χ2v) is 16.4. The third-order valence-electron chi connectivity index (χ3n) is 10.9. The molecule has 0 unspecified atom stereocenters. The summed E-state index contributed by atoms with van der Waals surface area (Å²) in [5, 5.41) is 37.5. The molecule has 14 heteroatoms. The lowest BCUT2D eigenvalue weighted by Gasteiger charge is -2.14. The Hall–Kier alpha value is -7.77. The number of hydrogen-bond donors (Lipinski definition) is 4. The molecular weight excluding hydrogens is 969 g/mol. The number of hydrogen-bond acceptors (Lipinski definition) is 14. The first-order valence-corrected chi connectivity index (χ1v) is 24.7. The van der Waals surface area contributed by atoms with Crippen molar-refractivity contribution in [3.8, 4) is 70.4 Å². The van der Waals surface area contributed by atoms with Crippen LogP contribution in [0.4, 0.5) is 0 Å². The van der Waals surface area contributed by atoms with E-state index in [1.807, 2.05) is 84.9 Å². The van der Waals surface area contributed by atoms with E-state index in [2.05, 4.69) is 47.4 Å². The fourth-order valence-electron chi connectivity index (χ4n) is 6.85. The smallest absolute Gasteiger partial charge is 0.178 e. The fraction of sp³-hybridized carbons (Fsp3) is 0.274. The van der Waals surface area contributed by atoms with E-state index in [4.69, 9.17) is 47.4 Å². The maximum absolute atomic E-state index is 9.41. The molecule has 4 aliphatic heterocycles. The number of ether oxygens (including phenoxy) is 10. The van der Waals surface area contributed by atoms with E-state index in [0.29, 0.717) is 113 Å². The number of rotatable bonds is 2. The Bertz CT molecular complexity index is 2740. The Morgan fingerprint density at radius 2 is 0.579 bits per heavy atom. The largest absolute Gasteiger partial charge is 0.491 e. The standard InChI is InChI=1S/C62H59O14/c63-61(64)53-19-13-51(14-20-53)11-5-47-1-7-49(8-2-47)17-23-55-45-60-56(24-18-50-9-3-48(4-10-50)6-12-52-15-21-54(22-16-52)62(65)66)46-59(55)75-43-39-71-35-31-67-29-33-69-37-41-73-57-25-27-58(28-26-57)74-42-38-70-34-30-68-32-36-72-40-44-76-60/h1-4,7-10,13-16,19-22,25-28,45-46,61,63-66H,29-44H2/q-1. The molecule has 0 aromatic heterocycles. The van der Waals surface area contributed by atoms with E-state index >= 15 is 0 Å². The molecule has 14 nitrogen and oxygen atoms in total.